The van der Waals surface area contributed by atoms with E-state index in [0.717, 1.165) is 46.2 Å². The molecule has 3 amide bonds. The second-order valence-corrected chi connectivity index (χ2v) is 12.5. The second-order valence-electron chi connectivity index (χ2n) is 10.4. The van der Waals surface area contributed by atoms with Gasteiger partial charge in [-0.2, -0.15) is 13.2 Å². The molecule has 0 spiro atoms. The first-order valence-corrected chi connectivity index (χ1v) is 15.6. The first-order valence-electron chi connectivity index (χ1n) is 13.9. The quantitative estimate of drug-likeness (QED) is 0.217. The number of benzene rings is 2. The Balaban J connectivity index is 1.34. The van der Waals surface area contributed by atoms with Crippen molar-refractivity contribution >= 4 is 58.2 Å². The monoisotopic (exact) mass is 668 g/mol. The van der Waals surface area contributed by atoms with Gasteiger partial charge in [-0.3, -0.25) is 28.7 Å². The average Bonchev–Trinajstić information content (AvgIpc) is 3.47. The van der Waals surface area contributed by atoms with E-state index in [1.807, 2.05) is 0 Å². The van der Waals surface area contributed by atoms with Crippen LogP contribution in [0.5, 0.6) is 0 Å². The van der Waals surface area contributed by atoms with Crippen molar-refractivity contribution in [3.05, 3.63) is 104 Å². The maximum atomic E-state index is 14.0. The van der Waals surface area contributed by atoms with E-state index >= 15 is 0 Å². The number of alkyl halides is 3. The van der Waals surface area contributed by atoms with Crippen LogP contribution in [0.25, 0.3) is 0 Å². The van der Waals surface area contributed by atoms with Crippen LogP contribution in [0, 0.1) is 5.92 Å². The van der Waals surface area contributed by atoms with Gasteiger partial charge >= 0.3 is 17.0 Å². The van der Waals surface area contributed by atoms with E-state index in [1.165, 1.54) is 34.9 Å². The van der Waals surface area contributed by atoms with Gasteiger partial charge in [0.15, 0.2) is 0 Å². The number of nitrogens with one attached hydrogen (secondary N) is 1. The SMILES string of the molecule is CCOC(=O)c1ccc(N2C(=O)[C@@H]3[C@H](c4cccnc4)c4sc(=O)n(CC(=O)Nc5cccc(C(F)(F)F)c5)c4S[C@@H]3C2=O)cc1. The molecule has 0 unspecified atom stereocenters. The molecule has 0 bridgehead atoms. The number of carbonyl (C=O) groups is 4. The summed E-state index contributed by atoms with van der Waals surface area (Å²) in [5, 5.41) is 1.74. The Kier molecular flexibility index (Phi) is 8.29. The van der Waals surface area contributed by atoms with E-state index < -0.39 is 63.9 Å². The Morgan fingerprint density at radius 1 is 1.02 bits per heavy atom. The Morgan fingerprint density at radius 3 is 2.46 bits per heavy atom. The minimum atomic E-state index is -4.61. The molecule has 1 N–H and O–H groups in total. The molecule has 15 heteroatoms. The van der Waals surface area contributed by atoms with Gasteiger partial charge in [0, 0.05) is 28.9 Å². The highest BCUT2D eigenvalue weighted by Crippen LogP contribution is 2.53. The normalized spacial score (nSPS) is 19.0. The van der Waals surface area contributed by atoms with Gasteiger partial charge in [-0.1, -0.05) is 35.2 Å². The molecule has 2 aliphatic heterocycles. The number of ether oxygens (including phenoxy) is 1. The van der Waals surface area contributed by atoms with Crippen molar-refractivity contribution < 1.29 is 37.1 Å². The summed E-state index contributed by atoms with van der Waals surface area (Å²) < 4.78 is 45.7. The van der Waals surface area contributed by atoms with Crippen molar-refractivity contribution in [2.75, 3.05) is 16.8 Å². The first kappa shape index (κ1) is 31.2. The fraction of sp³-hybridized carbons (Fsp3) is 0.226. The van der Waals surface area contributed by atoms with Crippen molar-refractivity contribution in [2.24, 2.45) is 5.92 Å². The number of pyridine rings is 1. The summed E-state index contributed by atoms with van der Waals surface area (Å²) in [5.74, 6) is -4.00. The predicted molar refractivity (Wildman–Crippen MR) is 163 cm³/mol. The Bertz CT molecular complexity index is 1910. The molecule has 2 aliphatic rings. The van der Waals surface area contributed by atoms with Gasteiger partial charge in [0.1, 0.15) is 11.8 Å². The second kappa shape index (κ2) is 12.2. The number of halogens is 3. The lowest BCUT2D eigenvalue weighted by Gasteiger charge is -2.30. The zero-order valence-corrected chi connectivity index (χ0v) is 25.4. The number of fused-ring (bicyclic) bond motifs is 2. The Hall–Kier alpha value is -4.76. The summed E-state index contributed by atoms with van der Waals surface area (Å²) in [4.78, 5) is 71.4. The number of hydrogen-bond donors (Lipinski definition) is 1. The van der Waals surface area contributed by atoms with E-state index in [9.17, 15) is 37.1 Å². The van der Waals surface area contributed by atoms with Crippen LogP contribution < -0.4 is 15.1 Å². The van der Waals surface area contributed by atoms with Crippen LogP contribution in [0.3, 0.4) is 0 Å². The summed E-state index contributed by atoms with van der Waals surface area (Å²) in [6.45, 7) is 1.32. The number of thioether (sulfide) groups is 1. The molecule has 6 rings (SSSR count). The highest BCUT2D eigenvalue weighted by Gasteiger charge is 2.57. The fourth-order valence-corrected chi connectivity index (χ4v) is 8.28. The number of nitrogens with zero attached hydrogens (tertiary/aromatic N) is 3. The van der Waals surface area contributed by atoms with Gasteiger partial charge in [0.05, 0.1) is 34.4 Å². The third-order valence-corrected chi connectivity index (χ3v) is 10.1. The van der Waals surface area contributed by atoms with Crippen LogP contribution in [0.15, 0.2) is 82.9 Å². The largest absolute Gasteiger partial charge is 0.462 e. The molecule has 236 valence electrons. The van der Waals surface area contributed by atoms with Crippen LogP contribution in [0.2, 0.25) is 0 Å². The molecule has 4 aromatic rings. The number of carbonyl (C=O) groups excluding carboxylic acids is 4. The maximum Gasteiger partial charge on any atom is 0.416 e. The minimum absolute atomic E-state index is 0.0980. The number of anilines is 2. The van der Waals surface area contributed by atoms with Gasteiger partial charge in [-0.15, -0.1) is 0 Å². The molecule has 2 aromatic heterocycles. The van der Waals surface area contributed by atoms with Crippen LogP contribution in [0.1, 0.15) is 39.2 Å². The zero-order chi connectivity index (χ0) is 32.7. The van der Waals surface area contributed by atoms with E-state index in [1.54, 1.807) is 31.5 Å². The summed E-state index contributed by atoms with van der Waals surface area (Å²) in [6.07, 6.45) is -1.52. The van der Waals surface area contributed by atoms with Crippen LogP contribution >= 0.6 is 23.1 Å². The molecule has 0 saturated carbocycles. The number of aromatic nitrogens is 2. The molecule has 2 aromatic carbocycles. The average molecular weight is 669 g/mol. The van der Waals surface area contributed by atoms with Crippen molar-refractivity contribution in [3.8, 4) is 0 Å². The number of rotatable bonds is 7. The molecule has 1 fully saturated rings. The number of thiazole rings is 1. The number of amides is 3. The summed E-state index contributed by atoms with van der Waals surface area (Å²) in [6, 6.07) is 13.4. The van der Waals surface area contributed by atoms with Gasteiger partial charge in [-0.05, 0) is 61.0 Å². The van der Waals surface area contributed by atoms with E-state index in [0.29, 0.717) is 15.5 Å². The highest BCUT2D eigenvalue weighted by atomic mass is 32.2. The lowest BCUT2D eigenvalue weighted by molar-refractivity contribution is -0.137. The lowest BCUT2D eigenvalue weighted by Crippen LogP contribution is -2.33. The number of hydrogen-bond acceptors (Lipinski definition) is 9. The Labute approximate surface area is 267 Å². The topological polar surface area (TPSA) is 128 Å². The van der Waals surface area contributed by atoms with Gasteiger partial charge in [-0.25, -0.2) is 9.69 Å². The lowest BCUT2D eigenvalue weighted by atomic mass is 9.84. The Morgan fingerprint density at radius 2 is 1.78 bits per heavy atom. The fourth-order valence-electron chi connectivity index (χ4n) is 5.51. The third-order valence-electron chi connectivity index (χ3n) is 7.50. The van der Waals surface area contributed by atoms with Crippen molar-refractivity contribution in [2.45, 2.75) is 35.8 Å². The minimum Gasteiger partial charge on any atom is -0.462 e. The molecule has 1 saturated heterocycles. The molecular formula is C31H23F3N4O6S2. The summed E-state index contributed by atoms with van der Waals surface area (Å²) >= 11 is 1.82. The highest BCUT2D eigenvalue weighted by molar-refractivity contribution is 8.00. The molecule has 4 heterocycles. The van der Waals surface area contributed by atoms with Gasteiger partial charge in [0.25, 0.3) is 0 Å². The smallest absolute Gasteiger partial charge is 0.416 e. The van der Waals surface area contributed by atoms with Gasteiger partial charge in [0.2, 0.25) is 17.7 Å². The molecule has 0 aliphatic carbocycles. The van der Waals surface area contributed by atoms with Crippen molar-refractivity contribution in [3.63, 3.8) is 0 Å². The molecular weight excluding hydrogens is 645 g/mol. The number of esters is 1. The van der Waals surface area contributed by atoms with E-state index in [2.05, 4.69) is 10.3 Å². The standard InChI is InChI=1S/C31H23F3N4O6S2/c1-2-44-29(42)16-8-10-20(11-9-16)38-26(40)23-22(17-5-4-12-35-14-17)25-28(45-24(23)27(38)41)37(30(43)46-25)15-21(39)36-19-7-3-6-18(13-19)31(32,33)34/h3-14,22-24H,2,15H2,1H3,(H,36,39)/t22-,23+,24-/m0/s1. The molecule has 3 atom stereocenters. The van der Waals surface area contributed by atoms with Crippen molar-refractivity contribution in [1.82, 2.24) is 9.55 Å². The van der Waals surface area contributed by atoms with E-state index in [-0.39, 0.29) is 23.5 Å². The van der Waals surface area contributed by atoms with Crippen molar-refractivity contribution in [1.29, 1.82) is 0 Å². The molecule has 10 nitrogen and oxygen atoms in total. The summed E-state index contributed by atoms with van der Waals surface area (Å²) in [5.41, 5.74) is 0.0462. The van der Waals surface area contributed by atoms with Gasteiger partial charge < -0.3 is 10.1 Å². The van der Waals surface area contributed by atoms with Crippen LogP contribution in [-0.2, 0) is 31.8 Å². The summed E-state index contributed by atoms with van der Waals surface area (Å²) in [7, 11) is 0. The third kappa shape index (κ3) is 5.71. The van der Waals surface area contributed by atoms with E-state index in [4.69, 9.17) is 4.74 Å². The predicted octanol–water partition coefficient (Wildman–Crippen LogP) is 4.93. The first-order chi connectivity index (χ1) is 22.0. The zero-order valence-electron chi connectivity index (χ0n) is 23.8. The van der Waals surface area contributed by atoms with Crippen LogP contribution in [0.4, 0.5) is 24.5 Å². The van der Waals surface area contributed by atoms with Crippen LogP contribution in [-0.4, -0.2) is 45.1 Å². The molecule has 0 radical (unpaired) electrons. The maximum absolute atomic E-state index is 14.0. The molecule has 46 heavy (non-hydrogen) atoms. The number of imide groups is 1.